The second kappa shape index (κ2) is 9.36. The van der Waals surface area contributed by atoms with Crippen molar-refractivity contribution in [2.45, 2.75) is 26.8 Å². The quantitative estimate of drug-likeness (QED) is 0.346. The summed E-state index contributed by atoms with van der Waals surface area (Å²) in [6, 6.07) is 0. The molecule has 0 saturated heterocycles. The number of aliphatic hydroxyl groups is 1. The molecule has 0 spiro atoms. The molecule has 0 bridgehead atoms. The monoisotopic (exact) mass is 306 g/mol. The number of aryl methyl sites for hydroxylation is 1. The predicted octanol–water partition coefficient (Wildman–Crippen LogP) is -0.0789. The van der Waals surface area contributed by atoms with Crippen molar-refractivity contribution in [2.75, 3.05) is 12.3 Å². The molecule has 8 heteroatoms. The molecule has 1 aromatic heterocycles. The minimum atomic E-state index is -0.251. The van der Waals surface area contributed by atoms with Crippen LogP contribution in [0.4, 0.5) is 5.82 Å². The molecule has 106 valence electrons. The summed E-state index contributed by atoms with van der Waals surface area (Å²) in [5.74, 6) is 0.693. The van der Waals surface area contributed by atoms with Gasteiger partial charge < -0.3 is 16.2 Å². The summed E-state index contributed by atoms with van der Waals surface area (Å²) in [6.07, 6.45) is 1.95. The van der Waals surface area contributed by atoms with Gasteiger partial charge in [-0.15, -0.1) is 12.6 Å². The van der Waals surface area contributed by atoms with Crippen LogP contribution in [0.15, 0.2) is 16.7 Å². The molecule has 0 atom stereocenters. The van der Waals surface area contributed by atoms with Crippen molar-refractivity contribution in [3.8, 4) is 0 Å². The predicted molar refractivity (Wildman–Crippen MR) is 83.6 cm³/mol. The summed E-state index contributed by atoms with van der Waals surface area (Å²) in [5.41, 5.74) is 6.87. The number of aliphatic hydroxyl groups excluding tert-OH is 1. The van der Waals surface area contributed by atoms with Crippen molar-refractivity contribution in [3.63, 3.8) is 0 Å². The van der Waals surface area contributed by atoms with Gasteiger partial charge in [-0.1, -0.05) is 0 Å². The molecule has 20 heavy (non-hydrogen) atoms. The summed E-state index contributed by atoms with van der Waals surface area (Å²) in [6.45, 7) is 3.61. The van der Waals surface area contributed by atoms with Crippen LogP contribution in [-0.2, 0) is 11.3 Å². The Hall–Kier alpha value is -0.600. The zero-order valence-corrected chi connectivity index (χ0v) is 11.9. The molecule has 0 aromatic carbocycles. The number of hydrogen-bond donors (Lipinski definition) is 4. The SMILES string of the molecule is C/C(C(=O)NCc1cnc(C)nc1N)=C(/S)CCO.[NaH]. The molecular weight excluding hydrogens is 287 g/mol. The van der Waals surface area contributed by atoms with Gasteiger partial charge in [0, 0.05) is 36.9 Å². The number of nitrogens with one attached hydrogen (secondary N) is 1. The number of rotatable bonds is 5. The molecular formula is C12H19N4NaO2S. The Morgan fingerprint density at radius 3 is 2.75 bits per heavy atom. The van der Waals surface area contributed by atoms with Crippen molar-refractivity contribution < 1.29 is 9.90 Å². The maximum absolute atomic E-state index is 11.8. The van der Waals surface area contributed by atoms with Crippen molar-refractivity contribution in [1.82, 2.24) is 15.3 Å². The number of aromatic nitrogens is 2. The maximum atomic E-state index is 11.8. The summed E-state index contributed by atoms with van der Waals surface area (Å²) < 4.78 is 0. The first-order valence-corrected chi connectivity index (χ1v) is 6.26. The molecule has 0 fully saturated rings. The molecule has 0 radical (unpaired) electrons. The van der Waals surface area contributed by atoms with E-state index >= 15 is 0 Å². The molecule has 6 nitrogen and oxygen atoms in total. The van der Waals surface area contributed by atoms with Crippen molar-refractivity contribution in [3.05, 3.63) is 28.1 Å². The first-order chi connectivity index (χ1) is 8.95. The summed E-state index contributed by atoms with van der Waals surface area (Å²) in [4.78, 5) is 20.4. The molecule has 0 saturated carbocycles. The fourth-order valence-corrected chi connectivity index (χ4v) is 1.58. The molecule has 0 aliphatic carbocycles. The molecule has 1 rings (SSSR count). The van der Waals surface area contributed by atoms with Gasteiger partial charge in [-0.25, -0.2) is 9.97 Å². The third kappa shape index (κ3) is 5.80. The zero-order valence-electron chi connectivity index (χ0n) is 11.0. The van der Waals surface area contributed by atoms with E-state index in [9.17, 15) is 4.79 Å². The average molecular weight is 306 g/mol. The standard InChI is InChI=1S/C12H18N4O2S.Na.H/c1-7(10(19)3-4-17)12(18)15-6-9-5-14-8(2)16-11(9)13;;/h5,17,19H,3-4,6H2,1-2H3,(H,15,18)(H2,13,14,16);;/b10-7-;;. The van der Waals surface area contributed by atoms with Gasteiger partial charge in [0.05, 0.1) is 0 Å². The van der Waals surface area contributed by atoms with Gasteiger partial charge in [-0.3, -0.25) is 4.79 Å². The summed E-state index contributed by atoms with van der Waals surface area (Å²) in [7, 11) is 0. The van der Waals surface area contributed by atoms with E-state index in [0.29, 0.717) is 34.1 Å². The average Bonchev–Trinajstić information content (AvgIpc) is 2.36. The van der Waals surface area contributed by atoms with E-state index in [1.807, 2.05) is 0 Å². The number of carbonyl (C=O) groups excluding carboxylic acids is 1. The molecule has 1 aromatic rings. The third-order valence-corrected chi connectivity index (χ3v) is 3.14. The number of thiol groups is 1. The normalized spacial score (nSPS) is 11.4. The van der Waals surface area contributed by atoms with Crippen LogP contribution in [0.3, 0.4) is 0 Å². The van der Waals surface area contributed by atoms with Gasteiger partial charge in [0.15, 0.2) is 0 Å². The second-order valence-corrected chi connectivity index (χ2v) is 4.60. The molecule has 1 amide bonds. The number of hydrogen-bond acceptors (Lipinski definition) is 6. The number of amides is 1. The molecule has 4 N–H and O–H groups in total. The van der Waals surface area contributed by atoms with Gasteiger partial charge in [0.1, 0.15) is 11.6 Å². The van der Waals surface area contributed by atoms with Crippen molar-refractivity contribution in [2.24, 2.45) is 0 Å². The Morgan fingerprint density at radius 2 is 2.20 bits per heavy atom. The molecule has 0 unspecified atom stereocenters. The Balaban J connectivity index is 0.00000361. The first kappa shape index (κ1) is 19.4. The number of carbonyl (C=O) groups is 1. The zero-order chi connectivity index (χ0) is 14.4. The number of nitrogens with two attached hydrogens (primary N) is 1. The van der Waals surface area contributed by atoms with E-state index in [2.05, 4.69) is 27.9 Å². The van der Waals surface area contributed by atoms with Gasteiger partial charge >= 0.3 is 29.6 Å². The molecule has 0 aliphatic rings. The summed E-state index contributed by atoms with van der Waals surface area (Å²) >= 11 is 4.17. The van der Waals surface area contributed by atoms with E-state index in [-0.39, 0.29) is 48.6 Å². The Bertz CT molecular complexity index is 508. The van der Waals surface area contributed by atoms with Crippen LogP contribution >= 0.6 is 12.6 Å². The van der Waals surface area contributed by atoms with E-state index < -0.39 is 0 Å². The minimum absolute atomic E-state index is 0. The Labute approximate surface area is 146 Å². The Morgan fingerprint density at radius 1 is 1.55 bits per heavy atom. The number of nitrogen functional groups attached to an aromatic ring is 1. The third-order valence-electron chi connectivity index (χ3n) is 2.58. The van der Waals surface area contributed by atoms with E-state index in [1.54, 1.807) is 20.0 Å². The van der Waals surface area contributed by atoms with Crippen molar-refractivity contribution >= 4 is 53.9 Å². The van der Waals surface area contributed by atoms with E-state index in [1.165, 1.54) is 0 Å². The van der Waals surface area contributed by atoms with Crippen LogP contribution in [0.25, 0.3) is 0 Å². The van der Waals surface area contributed by atoms with Gasteiger partial charge in [-0.2, -0.15) is 0 Å². The molecule has 1 heterocycles. The van der Waals surface area contributed by atoms with Gasteiger partial charge in [-0.05, 0) is 18.8 Å². The second-order valence-electron chi connectivity index (χ2n) is 4.06. The van der Waals surface area contributed by atoms with Crippen LogP contribution in [0.2, 0.25) is 0 Å². The van der Waals surface area contributed by atoms with Gasteiger partial charge in [0.25, 0.3) is 0 Å². The summed E-state index contributed by atoms with van der Waals surface area (Å²) in [5, 5.41) is 11.5. The van der Waals surface area contributed by atoms with Crippen LogP contribution in [-0.4, -0.2) is 57.1 Å². The topological polar surface area (TPSA) is 101 Å². The van der Waals surface area contributed by atoms with E-state index in [0.717, 1.165) is 0 Å². The van der Waals surface area contributed by atoms with Gasteiger partial charge in [0.2, 0.25) is 5.91 Å². The van der Waals surface area contributed by atoms with Crippen LogP contribution in [0, 0.1) is 6.92 Å². The van der Waals surface area contributed by atoms with Crippen LogP contribution in [0.5, 0.6) is 0 Å². The number of anilines is 1. The molecule has 0 aliphatic heterocycles. The van der Waals surface area contributed by atoms with Crippen LogP contribution < -0.4 is 11.1 Å². The fraction of sp³-hybridized carbons (Fsp3) is 0.417. The Kier molecular flexibility index (Phi) is 9.08. The first-order valence-electron chi connectivity index (χ1n) is 5.81. The number of nitrogens with zero attached hydrogens (tertiary/aromatic N) is 2. The van der Waals surface area contributed by atoms with E-state index in [4.69, 9.17) is 10.8 Å². The van der Waals surface area contributed by atoms with Crippen molar-refractivity contribution in [1.29, 1.82) is 0 Å². The van der Waals surface area contributed by atoms with Crippen LogP contribution in [0.1, 0.15) is 24.7 Å². The fourth-order valence-electron chi connectivity index (χ4n) is 1.38.